The fourth-order valence-corrected chi connectivity index (χ4v) is 1.52. The number of nitrogens with two attached hydrogens (primary N) is 1. The minimum absolute atomic E-state index is 0.478. The molecule has 0 atom stereocenters. The summed E-state index contributed by atoms with van der Waals surface area (Å²) in [6, 6.07) is 11.7. The number of amides is 1. The highest BCUT2D eigenvalue weighted by molar-refractivity contribution is 5.90. The third-order valence-electron chi connectivity index (χ3n) is 2.42. The van der Waals surface area contributed by atoms with Gasteiger partial charge in [-0.1, -0.05) is 30.3 Å². The first-order chi connectivity index (χ1) is 9.24. The molecular formula is C15H14N2O2. The number of carbonyl (C=O) groups is 1. The molecule has 1 aromatic heterocycles. The molecule has 0 spiro atoms. The Morgan fingerprint density at radius 2 is 2.05 bits per heavy atom. The second kappa shape index (κ2) is 6.35. The summed E-state index contributed by atoms with van der Waals surface area (Å²) < 4.78 is 5.63. The Balaban J connectivity index is 2.01. The van der Waals surface area contributed by atoms with Crippen LogP contribution in [0.2, 0.25) is 0 Å². The zero-order valence-corrected chi connectivity index (χ0v) is 10.3. The monoisotopic (exact) mass is 254 g/mol. The van der Waals surface area contributed by atoms with E-state index in [1.165, 1.54) is 6.08 Å². The molecule has 0 aliphatic heterocycles. The van der Waals surface area contributed by atoms with Gasteiger partial charge in [0.1, 0.15) is 12.4 Å². The van der Waals surface area contributed by atoms with Crippen molar-refractivity contribution >= 4 is 12.0 Å². The van der Waals surface area contributed by atoms with Crippen LogP contribution < -0.4 is 10.5 Å². The van der Waals surface area contributed by atoms with Gasteiger partial charge in [-0.2, -0.15) is 0 Å². The number of nitrogens with zero attached hydrogens (tertiary/aromatic N) is 1. The van der Waals surface area contributed by atoms with E-state index in [4.69, 9.17) is 10.5 Å². The number of rotatable bonds is 5. The van der Waals surface area contributed by atoms with Gasteiger partial charge in [0.05, 0.1) is 6.20 Å². The number of hydrogen-bond donors (Lipinski definition) is 1. The van der Waals surface area contributed by atoms with Gasteiger partial charge in [0.25, 0.3) is 0 Å². The first-order valence-corrected chi connectivity index (χ1v) is 5.83. The first-order valence-electron chi connectivity index (χ1n) is 5.83. The third kappa shape index (κ3) is 4.27. The van der Waals surface area contributed by atoms with E-state index in [1.807, 2.05) is 30.3 Å². The maximum absolute atomic E-state index is 10.7. The zero-order chi connectivity index (χ0) is 13.5. The van der Waals surface area contributed by atoms with Crippen molar-refractivity contribution in [2.24, 2.45) is 5.73 Å². The highest BCUT2D eigenvalue weighted by Crippen LogP contribution is 2.14. The van der Waals surface area contributed by atoms with Gasteiger partial charge in [-0.05, 0) is 23.3 Å². The van der Waals surface area contributed by atoms with Gasteiger partial charge in [0.2, 0.25) is 5.91 Å². The molecule has 1 aromatic carbocycles. The van der Waals surface area contributed by atoms with Crippen LogP contribution in [-0.4, -0.2) is 10.9 Å². The minimum atomic E-state index is -0.490. The Bertz CT molecular complexity index is 580. The molecule has 0 unspecified atom stereocenters. The largest absolute Gasteiger partial charge is 0.487 e. The summed E-state index contributed by atoms with van der Waals surface area (Å²) in [7, 11) is 0. The predicted octanol–water partition coefficient (Wildman–Crippen LogP) is 2.16. The van der Waals surface area contributed by atoms with Crippen molar-refractivity contribution in [3.05, 3.63) is 66.0 Å². The van der Waals surface area contributed by atoms with Crippen molar-refractivity contribution < 1.29 is 9.53 Å². The van der Waals surface area contributed by atoms with Gasteiger partial charge in [0.15, 0.2) is 0 Å². The smallest absolute Gasteiger partial charge is 0.241 e. The molecule has 0 aliphatic carbocycles. The highest BCUT2D eigenvalue weighted by atomic mass is 16.5. The van der Waals surface area contributed by atoms with Gasteiger partial charge in [-0.25, -0.2) is 0 Å². The van der Waals surface area contributed by atoms with E-state index in [-0.39, 0.29) is 0 Å². The van der Waals surface area contributed by atoms with Crippen LogP contribution in [0.15, 0.2) is 54.9 Å². The summed E-state index contributed by atoms with van der Waals surface area (Å²) in [5, 5.41) is 0. The van der Waals surface area contributed by atoms with Crippen molar-refractivity contribution in [2.45, 2.75) is 6.61 Å². The number of aromatic nitrogens is 1. The molecule has 0 radical (unpaired) electrons. The van der Waals surface area contributed by atoms with Gasteiger partial charge in [0, 0.05) is 12.3 Å². The Labute approximate surface area is 111 Å². The van der Waals surface area contributed by atoms with Crippen LogP contribution in [0, 0.1) is 0 Å². The normalized spacial score (nSPS) is 10.5. The summed E-state index contributed by atoms with van der Waals surface area (Å²) >= 11 is 0. The summed E-state index contributed by atoms with van der Waals surface area (Å²) in [6.45, 7) is 0.478. The first kappa shape index (κ1) is 12.8. The lowest BCUT2D eigenvalue weighted by atomic mass is 10.2. The lowest BCUT2D eigenvalue weighted by molar-refractivity contribution is -0.113. The second-order valence-electron chi connectivity index (χ2n) is 3.96. The van der Waals surface area contributed by atoms with Crippen LogP contribution in [-0.2, 0) is 11.4 Å². The Hall–Kier alpha value is -2.62. The number of pyridine rings is 1. The van der Waals surface area contributed by atoms with E-state index in [2.05, 4.69) is 4.98 Å². The lowest BCUT2D eigenvalue weighted by Gasteiger charge is -2.06. The molecule has 96 valence electrons. The van der Waals surface area contributed by atoms with Crippen molar-refractivity contribution in [1.29, 1.82) is 0 Å². The van der Waals surface area contributed by atoms with Gasteiger partial charge < -0.3 is 10.5 Å². The number of hydrogen-bond acceptors (Lipinski definition) is 3. The zero-order valence-electron chi connectivity index (χ0n) is 10.3. The quantitative estimate of drug-likeness (QED) is 0.831. The molecule has 1 heterocycles. The topological polar surface area (TPSA) is 65.2 Å². The standard InChI is InChI=1S/C15H14N2O2/c16-15(18)7-6-13-8-14(10-17-9-13)19-11-12-4-2-1-3-5-12/h1-10H,11H2,(H2,16,18). The molecular weight excluding hydrogens is 240 g/mol. The van der Waals surface area contributed by atoms with Crippen LogP contribution in [0.3, 0.4) is 0 Å². The molecule has 2 rings (SSSR count). The maximum atomic E-state index is 10.7. The SMILES string of the molecule is NC(=O)C=Cc1cncc(OCc2ccccc2)c1. The summed E-state index contributed by atoms with van der Waals surface area (Å²) in [5.41, 5.74) is 6.89. The molecule has 0 saturated carbocycles. The van der Waals surface area contributed by atoms with Crippen molar-refractivity contribution in [3.63, 3.8) is 0 Å². The molecule has 0 bridgehead atoms. The number of carbonyl (C=O) groups excluding carboxylic acids is 1. The number of ether oxygens (including phenoxy) is 1. The third-order valence-corrected chi connectivity index (χ3v) is 2.42. The molecule has 2 N–H and O–H groups in total. The van der Waals surface area contributed by atoms with Crippen molar-refractivity contribution in [3.8, 4) is 5.75 Å². The van der Waals surface area contributed by atoms with Crippen LogP contribution >= 0.6 is 0 Å². The average Bonchev–Trinajstić information content (AvgIpc) is 2.44. The number of benzene rings is 1. The predicted molar refractivity (Wildman–Crippen MR) is 73.2 cm³/mol. The molecule has 4 heteroatoms. The molecule has 2 aromatic rings. The van der Waals surface area contributed by atoms with Gasteiger partial charge in [-0.15, -0.1) is 0 Å². The van der Waals surface area contributed by atoms with Crippen LogP contribution in [0.4, 0.5) is 0 Å². The van der Waals surface area contributed by atoms with Gasteiger partial charge in [-0.3, -0.25) is 9.78 Å². The number of primary amides is 1. The molecule has 4 nitrogen and oxygen atoms in total. The van der Waals surface area contributed by atoms with Crippen molar-refractivity contribution in [1.82, 2.24) is 4.98 Å². The van der Waals surface area contributed by atoms with E-state index >= 15 is 0 Å². The minimum Gasteiger partial charge on any atom is -0.487 e. The summed E-state index contributed by atoms with van der Waals surface area (Å²) in [5.74, 6) is 0.158. The van der Waals surface area contributed by atoms with E-state index in [9.17, 15) is 4.79 Å². The Morgan fingerprint density at radius 1 is 1.26 bits per heavy atom. The van der Waals surface area contributed by atoms with Gasteiger partial charge >= 0.3 is 0 Å². The summed E-state index contributed by atoms with van der Waals surface area (Å²) in [6.07, 6.45) is 6.15. The molecule has 0 fully saturated rings. The average molecular weight is 254 g/mol. The fraction of sp³-hybridized carbons (Fsp3) is 0.0667. The van der Waals surface area contributed by atoms with Crippen LogP contribution in [0.1, 0.15) is 11.1 Å². The molecule has 0 aliphatic rings. The Kier molecular flexibility index (Phi) is 4.29. The highest BCUT2D eigenvalue weighted by Gasteiger charge is 1.97. The van der Waals surface area contributed by atoms with E-state index in [0.29, 0.717) is 12.4 Å². The second-order valence-corrected chi connectivity index (χ2v) is 3.96. The molecule has 1 amide bonds. The van der Waals surface area contributed by atoms with E-state index in [0.717, 1.165) is 11.1 Å². The van der Waals surface area contributed by atoms with Crippen LogP contribution in [0.25, 0.3) is 6.08 Å². The van der Waals surface area contributed by atoms with E-state index < -0.39 is 5.91 Å². The maximum Gasteiger partial charge on any atom is 0.241 e. The Morgan fingerprint density at radius 3 is 2.79 bits per heavy atom. The molecule has 0 saturated heterocycles. The van der Waals surface area contributed by atoms with Crippen LogP contribution in [0.5, 0.6) is 5.75 Å². The van der Waals surface area contributed by atoms with E-state index in [1.54, 1.807) is 24.5 Å². The van der Waals surface area contributed by atoms with Crippen molar-refractivity contribution in [2.75, 3.05) is 0 Å². The lowest BCUT2D eigenvalue weighted by Crippen LogP contribution is -2.05. The molecule has 19 heavy (non-hydrogen) atoms. The fourth-order valence-electron chi connectivity index (χ4n) is 1.52. The summed E-state index contributed by atoms with van der Waals surface area (Å²) in [4.78, 5) is 14.7.